The van der Waals surface area contributed by atoms with Gasteiger partial charge in [-0.1, -0.05) is 6.92 Å². The smallest absolute Gasteiger partial charge is 0.410 e. The SMILES string of the molecule is CC1CN(C(=O)OC(C)(C)C)CCC1C1(C(C)N)CC1. The maximum Gasteiger partial charge on any atom is 0.410 e. The second-order valence-corrected chi connectivity index (χ2v) is 7.82. The van der Waals surface area contributed by atoms with Crippen molar-refractivity contribution >= 4 is 6.09 Å². The molecule has 3 unspecified atom stereocenters. The molecule has 0 aromatic rings. The number of carbonyl (C=O) groups excluding carboxylic acids is 1. The molecular weight excluding hydrogens is 252 g/mol. The third-order valence-corrected chi connectivity index (χ3v) is 5.03. The van der Waals surface area contributed by atoms with Crippen molar-refractivity contribution in [1.82, 2.24) is 4.90 Å². The Morgan fingerprint density at radius 3 is 2.40 bits per heavy atom. The number of nitrogens with zero attached hydrogens (tertiary/aromatic N) is 1. The van der Waals surface area contributed by atoms with Crippen LogP contribution in [0.3, 0.4) is 0 Å². The third kappa shape index (κ3) is 3.11. The molecule has 0 aromatic carbocycles. The van der Waals surface area contributed by atoms with Crippen LogP contribution >= 0.6 is 0 Å². The lowest BCUT2D eigenvalue weighted by Crippen LogP contribution is -2.49. The highest BCUT2D eigenvalue weighted by Crippen LogP contribution is 2.58. The lowest BCUT2D eigenvalue weighted by molar-refractivity contribution is 0.00360. The van der Waals surface area contributed by atoms with Crippen molar-refractivity contribution in [2.45, 2.75) is 65.5 Å². The molecule has 4 nitrogen and oxygen atoms in total. The van der Waals surface area contributed by atoms with E-state index in [2.05, 4.69) is 13.8 Å². The summed E-state index contributed by atoms with van der Waals surface area (Å²) in [6.45, 7) is 11.7. The minimum atomic E-state index is -0.416. The van der Waals surface area contributed by atoms with E-state index < -0.39 is 5.60 Å². The maximum atomic E-state index is 12.1. The molecule has 2 N–H and O–H groups in total. The Bertz CT molecular complexity index is 369. The average molecular weight is 282 g/mol. The van der Waals surface area contributed by atoms with Crippen LogP contribution in [0.1, 0.15) is 53.9 Å². The monoisotopic (exact) mass is 282 g/mol. The number of nitrogens with two attached hydrogens (primary N) is 1. The molecule has 1 saturated heterocycles. The Labute approximate surface area is 123 Å². The predicted molar refractivity (Wildman–Crippen MR) is 80.4 cm³/mol. The van der Waals surface area contributed by atoms with Gasteiger partial charge in [0, 0.05) is 19.1 Å². The minimum Gasteiger partial charge on any atom is -0.444 e. The molecule has 1 heterocycles. The predicted octanol–water partition coefficient (Wildman–Crippen LogP) is 3.01. The van der Waals surface area contributed by atoms with Gasteiger partial charge in [-0.05, 0) is 64.2 Å². The van der Waals surface area contributed by atoms with Gasteiger partial charge < -0.3 is 15.4 Å². The fraction of sp³-hybridized carbons (Fsp3) is 0.938. The van der Waals surface area contributed by atoms with Gasteiger partial charge in [0.1, 0.15) is 5.60 Å². The molecule has 2 rings (SSSR count). The Morgan fingerprint density at radius 1 is 1.40 bits per heavy atom. The van der Waals surface area contributed by atoms with Gasteiger partial charge in [0.25, 0.3) is 0 Å². The van der Waals surface area contributed by atoms with Crippen molar-refractivity contribution in [3.63, 3.8) is 0 Å². The summed E-state index contributed by atoms with van der Waals surface area (Å²) in [4.78, 5) is 14.0. The van der Waals surface area contributed by atoms with E-state index in [0.29, 0.717) is 17.3 Å². The molecule has 0 radical (unpaired) electrons. The lowest BCUT2D eigenvalue weighted by Gasteiger charge is -2.42. The molecule has 116 valence electrons. The number of carbonyl (C=O) groups is 1. The summed E-state index contributed by atoms with van der Waals surface area (Å²) in [6.07, 6.45) is 3.40. The lowest BCUT2D eigenvalue weighted by atomic mass is 9.72. The van der Waals surface area contributed by atoms with Gasteiger partial charge in [-0.15, -0.1) is 0 Å². The van der Waals surface area contributed by atoms with Gasteiger partial charge in [0.2, 0.25) is 0 Å². The number of hydrogen-bond acceptors (Lipinski definition) is 3. The number of hydrogen-bond donors (Lipinski definition) is 1. The highest BCUT2D eigenvalue weighted by Gasteiger charge is 2.54. The van der Waals surface area contributed by atoms with E-state index in [1.165, 1.54) is 12.8 Å². The van der Waals surface area contributed by atoms with E-state index in [1.54, 1.807) is 0 Å². The second-order valence-electron chi connectivity index (χ2n) is 7.82. The molecule has 2 aliphatic rings. The zero-order chi connectivity index (χ0) is 15.1. The van der Waals surface area contributed by atoms with Crippen LogP contribution in [0.5, 0.6) is 0 Å². The number of amides is 1. The van der Waals surface area contributed by atoms with Crippen LogP contribution in [0, 0.1) is 17.3 Å². The Kier molecular flexibility index (Phi) is 4.07. The molecule has 0 aromatic heterocycles. The summed E-state index contributed by atoms with van der Waals surface area (Å²) in [5, 5.41) is 0. The zero-order valence-corrected chi connectivity index (χ0v) is 13.6. The Balaban J connectivity index is 1.94. The first-order chi connectivity index (χ1) is 9.16. The summed E-state index contributed by atoms with van der Waals surface area (Å²) in [5.41, 5.74) is 6.13. The zero-order valence-electron chi connectivity index (χ0n) is 13.6. The second kappa shape index (κ2) is 5.21. The van der Waals surface area contributed by atoms with E-state index in [0.717, 1.165) is 19.5 Å². The Morgan fingerprint density at radius 2 is 2.00 bits per heavy atom. The van der Waals surface area contributed by atoms with E-state index in [9.17, 15) is 4.79 Å². The fourth-order valence-corrected chi connectivity index (χ4v) is 3.80. The maximum absolute atomic E-state index is 12.1. The number of likely N-dealkylation sites (tertiary alicyclic amines) is 1. The average Bonchev–Trinajstić information content (AvgIpc) is 3.07. The van der Waals surface area contributed by atoms with Gasteiger partial charge in [-0.2, -0.15) is 0 Å². The molecule has 3 atom stereocenters. The molecule has 20 heavy (non-hydrogen) atoms. The van der Waals surface area contributed by atoms with Crippen molar-refractivity contribution in [3.05, 3.63) is 0 Å². The topological polar surface area (TPSA) is 55.6 Å². The van der Waals surface area contributed by atoms with Crippen LogP contribution < -0.4 is 5.73 Å². The van der Waals surface area contributed by atoms with Gasteiger partial charge in [0.15, 0.2) is 0 Å². The number of rotatable bonds is 2. The highest BCUT2D eigenvalue weighted by atomic mass is 16.6. The van der Waals surface area contributed by atoms with Gasteiger partial charge in [-0.25, -0.2) is 4.79 Å². The number of piperidine rings is 1. The number of ether oxygens (including phenoxy) is 1. The third-order valence-electron chi connectivity index (χ3n) is 5.03. The summed E-state index contributed by atoms with van der Waals surface area (Å²) in [7, 11) is 0. The van der Waals surface area contributed by atoms with Crippen molar-refractivity contribution in [2.24, 2.45) is 23.0 Å². The van der Waals surface area contributed by atoms with Crippen molar-refractivity contribution in [1.29, 1.82) is 0 Å². The molecule has 0 spiro atoms. The first kappa shape index (κ1) is 15.6. The molecule has 2 fully saturated rings. The van der Waals surface area contributed by atoms with E-state index >= 15 is 0 Å². The summed E-state index contributed by atoms with van der Waals surface area (Å²) in [6, 6.07) is 0.267. The molecule has 0 bridgehead atoms. The van der Waals surface area contributed by atoms with Crippen LogP contribution in [-0.2, 0) is 4.74 Å². The minimum absolute atomic E-state index is 0.173. The molecule has 1 amide bonds. The largest absolute Gasteiger partial charge is 0.444 e. The van der Waals surface area contributed by atoms with Gasteiger partial charge in [0.05, 0.1) is 0 Å². The molecule has 1 aliphatic heterocycles. The van der Waals surface area contributed by atoms with Gasteiger partial charge >= 0.3 is 6.09 Å². The fourth-order valence-electron chi connectivity index (χ4n) is 3.80. The summed E-state index contributed by atoms with van der Waals surface area (Å²) < 4.78 is 5.47. The van der Waals surface area contributed by atoms with Gasteiger partial charge in [-0.3, -0.25) is 0 Å². The standard InChI is InChI=1S/C16H30N2O2/c1-11-10-18(14(19)20-15(3,4)5)9-6-13(11)16(7-8-16)12(2)17/h11-13H,6-10,17H2,1-5H3. The van der Waals surface area contributed by atoms with E-state index in [-0.39, 0.29) is 12.1 Å². The normalized spacial score (nSPS) is 30.8. The molecule has 4 heteroatoms. The molecule has 1 saturated carbocycles. The van der Waals surface area contributed by atoms with Crippen LogP contribution in [-0.4, -0.2) is 35.7 Å². The van der Waals surface area contributed by atoms with Crippen molar-refractivity contribution in [2.75, 3.05) is 13.1 Å². The van der Waals surface area contributed by atoms with Crippen LogP contribution in [0.2, 0.25) is 0 Å². The van der Waals surface area contributed by atoms with Crippen LogP contribution in [0.25, 0.3) is 0 Å². The highest BCUT2D eigenvalue weighted by molar-refractivity contribution is 5.68. The first-order valence-corrected chi connectivity index (χ1v) is 7.89. The summed E-state index contributed by atoms with van der Waals surface area (Å²) >= 11 is 0. The quantitative estimate of drug-likeness (QED) is 0.847. The molecular formula is C16H30N2O2. The first-order valence-electron chi connectivity index (χ1n) is 7.89. The van der Waals surface area contributed by atoms with Crippen molar-refractivity contribution in [3.8, 4) is 0 Å². The van der Waals surface area contributed by atoms with Crippen LogP contribution in [0.15, 0.2) is 0 Å². The summed E-state index contributed by atoms with van der Waals surface area (Å²) in [5.74, 6) is 1.16. The van der Waals surface area contributed by atoms with E-state index in [1.807, 2.05) is 25.7 Å². The molecule has 1 aliphatic carbocycles. The Hall–Kier alpha value is -0.770. The van der Waals surface area contributed by atoms with Crippen molar-refractivity contribution < 1.29 is 9.53 Å². The van der Waals surface area contributed by atoms with Crippen LogP contribution in [0.4, 0.5) is 4.79 Å². The van der Waals surface area contributed by atoms with E-state index in [4.69, 9.17) is 10.5 Å².